The molecule has 4 rings (SSSR count). The molecule has 0 unspecified atom stereocenters. The molecular formula is C22H16FN3O. The van der Waals surface area contributed by atoms with Crippen molar-refractivity contribution < 1.29 is 9.18 Å². The molecule has 4 aromatic rings. The Morgan fingerprint density at radius 1 is 0.926 bits per heavy atom. The number of pyridine rings is 2. The molecule has 132 valence electrons. The van der Waals surface area contributed by atoms with Crippen molar-refractivity contribution in [1.29, 1.82) is 0 Å². The number of carbonyl (C=O) groups is 1. The summed E-state index contributed by atoms with van der Waals surface area (Å²) in [5.41, 5.74) is 3.26. The van der Waals surface area contributed by atoms with Crippen molar-refractivity contribution in [2.45, 2.75) is 6.54 Å². The topological polar surface area (TPSA) is 54.9 Å². The van der Waals surface area contributed by atoms with E-state index in [9.17, 15) is 9.18 Å². The lowest BCUT2D eigenvalue weighted by Gasteiger charge is -2.10. The molecule has 0 bridgehead atoms. The average molecular weight is 357 g/mol. The number of hydrogen-bond donors (Lipinski definition) is 1. The van der Waals surface area contributed by atoms with Gasteiger partial charge in [-0.2, -0.15) is 0 Å². The zero-order chi connectivity index (χ0) is 18.6. The molecule has 5 heteroatoms. The summed E-state index contributed by atoms with van der Waals surface area (Å²) in [5.74, 6) is -0.566. The Morgan fingerprint density at radius 3 is 2.59 bits per heavy atom. The molecule has 4 nitrogen and oxygen atoms in total. The minimum atomic E-state index is -0.325. The first-order valence-corrected chi connectivity index (χ1v) is 8.54. The van der Waals surface area contributed by atoms with Crippen molar-refractivity contribution in [3.63, 3.8) is 0 Å². The van der Waals surface area contributed by atoms with Crippen LogP contribution < -0.4 is 5.32 Å². The fourth-order valence-corrected chi connectivity index (χ4v) is 2.93. The van der Waals surface area contributed by atoms with E-state index in [1.54, 1.807) is 24.4 Å². The summed E-state index contributed by atoms with van der Waals surface area (Å²) in [6.45, 7) is 0.242. The van der Waals surface area contributed by atoms with E-state index in [1.807, 2.05) is 42.5 Å². The van der Waals surface area contributed by atoms with E-state index in [2.05, 4.69) is 15.3 Å². The van der Waals surface area contributed by atoms with Crippen LogP contribution in [-0.4, -0.2) is 15.9 Å². The zero-order valence-electron chi connectivity index (χ0n) is 14.4. The largest absolute Gasteiger partial charge is 0.348 e. The Morgan fingerprint density at radius 2 is 1.78 bits per heavy atom. The second-order valence-corrected chi connectivity index (χ2v) is 6.10. The van der Waals surface area contributed by atoms with Crippen molar-refractivity contribution in [3.8, 4) is 11.4 Å². The van der Waals surface area contributed by atoms with Gasteiger partial charge in [-0.1, -0.05) is 36.4 Å². The maximum Gasteiger partial charge on any atom is 0.252 e. The standard InChI is InChI=1S/C22H16FN3O/c23-16-7-5-6-15(12-16)14-25-22(27)18-13-21(20-10-3-4-11-24-20)26-19-9-2-1-8-17(18)19/h1-13H,14H2,(H,25,27). The predicted octanol–water partition coefficient (Wildman–Crippen LogP) is 4.37. The third kappa shape index (κ3) is 3.67. The molecule has 0 spiro atoms. The molecule has 2 aromatic heterocycles. The highest BCUT2D eigenvalue weighted by Gasteiger charge is 2.14. The molecule has 2 aromatic carbocycles. The number of fused-ring (bicyclic) bond motifs is 1. The van der Waals surface area contributed by atoms with Crippen LogP contribution in [0.1, 0.15) is 15.9 Å². The van der Waals surface area contributed by atoms with E-state index in [4.69, 9.17) is 0 Å². The highest BCUT2D eigenvalue weighted by atomic mass is 19.1. The van der Waals surface area contributed by atoms with Crippen LogP contribution in [0, 0.1) is 5.82 Å². The van der Waals surface area contributed by atoms with E-state index in [0.717, 1.165) is 10.9 Å². The lowest BCUT2D eigenvalue weighted by atomic mass is 10.1. The van der Waals surface area contributed by atoms with E-state index in [-0.39, 0.29) is 18.3 Å². The number of benzene rings is 2. The summed E-state index contributed by atoms with van der Waals surface area (Å²) < 4.78 is 13.3. The molecule has 1 N–H and O–H groups in total. The highest BCUT2D eigenvalue weighted by Crippen LogP contribution is 2.23. The molecule has 0 saturated carbocycles. The quantitative estimate of drug-likeness (QED) is 0.590. The fourth-order valence-electron chi connectivity index (χ4n) is 2.93. The van der Waals surface area contributed by atoms with Gasteiger partial charge in [0.15, 0.2) is 0 Å². The smallest absolute Gasteiger partial charge is 0.252 e. The Hall–Kier alpha value is -3.60. The van der Waals surface area contributed by atoms with Crippen LogP contribution in [0.5, 0.6) is 0 Å². The van der Waals surface area contributed by atoms with Crippen molar-refractivity contribution >= 4 is 16.8 Å². The first kappa shape index (κ1) is 16.8. The van der Waals surface area contributed by atoms with Gasteiger partial charge in [0, 0.05) is 18.1 Å². The lowest BCUT2D eigenvalue weighted by molar-refractivity contribution is 0.0952. The maximum atomic E-state index is 13.3. The molecule has 0 radical (unpaired) electrons. The van der Waals surface area contributed by atoms with Gasteiger partial charge in [-0.3, -0.25) is 9.78 Å². The van der Waals surface area contributed by atoms with Gasteiger partial charge in [-0.25, -0.2) is 9.37 Å². The zero-order valence-corrected chi connectivity index (χ0v) is 14.4. The Bertz CT molecular complexity index is 1110. The number of nitrogens with one attached hydrogen (secondary N) is 1. The van der Waals surface area contributed by atoms with Crippen LogP contribution in [0.15, 0.2) is 79.0 Å². The van der Waals surface area contributed by atoms with E-state index < -0.39 is 0 Å². The molecule has 0 fully saturated rings. The third-order valence-electron chi connectivity index (χ3n) is 4.23. The Balaban J connectivity index is 1.70. The average Bonchev–Trinajstić information content (AvgIpc) is 2.72. The molecule has 0 saturated heterocycles. The number of aromatic nitrogens is 2. The van der Waals surface area contributed by atoms with Crippen LogP contribution in [-0.2, 0) is 6.54 Å². The van der Waals surface area contributed by atoms with E-state index in [1.165, 1.54) is 12.1 Å². The Kier molecular flexibility index (Phi) is 4.58. The highest BCUT2D eigenvalue weighted by molar-refractivity contribution is 6.07. The molecule has 0 aliphatic heterocycles. The molecule has 27 heavy (non-hydrogen) atoms. The summed E-state index contributed by atoms with van der Waals surface area (Å²) >= 11 is 0. The van der Waals surface area contributed by atoms with Gasteiger partial charge in [0.1, 0.15) is 5.82 Å². The number of rotatable bonds is 4. The van der Waals surface area contributed by atoms with Gasteiger partial charge in [0.25, 0.3) is 5.91 Å². The summed E-state index contributed by atoms with van der Waals surface area (Å²) in [6.07, 6.45) is 1.69. The molecule has 0 aliphatic rings. The summed E-state index contributed by atoms with van der Waals surface area (Å²) in [7, 11) is 0. The number of amides is 1. The molecule has 0 aliphatic carbocycles. The molecule has 1 amide bonds. The predicted molar refractivity (Wildman–Crippen MR) is 103 cm³/mol. The van der Waals surface area contributed by atoms with Crippen molar-refractivity contribution in [3.05, 3.63) is 95.9 Å². The molecular weight excluding hydrogens is 341 g/mol. The number of para-hydroxylation sites is 1. The van der Waals surface area contributed by atoms with Gasteiger partial charge in [-0.15, -0.1) is 0 Å². The molecule has 0 atom stereocenters. The number of hydrogen-bond acceptors (Lipinski definition) is 3. The van der Waals surface area contributed by atoms with Crippen LogP contribution in [0.2, 0.25) is 0 Å². The van der Waals surface area contributed by atoms with Gasteiger partial charge >= 0.3 is 0 Å². The number of halogens is 1. The van der Waals surface area contributed by atoms with Crippen LogP contribution >= 0.6 is 0 Å². The SMILES string of the molecule is O=C(NCc1cccc(F)c1)c1cc(-c2ccccn2)nc2ccccc12. The van der Waals surface area contributed by atoms with E-state index >= 15 is 0 Å². The minimum absolute atomic E-state index is 0.241. The number of nitrogens with zero attached hydrogens (tertiary/aromatic N) is 2. The van der Waals surface area contributed by atoms with Crippen LogP contribution in [0.4, 0.5) is 4.39 Å². The lowest BCUT2D eigenvalue weighted by Crippen LogP contribution is -2.23. The van der Waals surface area contributed by atoms with E-state index in [0.29, 0.717) is 22.5 Å². The van der Waals surface area contributed by atoms with Gasteiger partial charge in [0.2, 0.25) is 0 Å². The first-order valence-electron chi connectivity index (χ1n) is 8.54. The van der Waals surface area contributed by atoms with Crippen LogP contribution in [0.25, 0.3) is 22.3 Å². The Labute approximate surface area is 155 Å². The minimum Gasteiger partial charge on any atom is -0.348 e. The van der Waals surface area contributed by atoms with Gasteiger partial charge in [0.05, 0.1) is 22.5 Å². The van der Waals surface area contributed by atoms with Gasteiger partial charge < -0.3 is 5.32 Å². The van der Waals surface area contributed by atoms with Crippen molar-refractivity contribution in [2.24, 2.45) is 0 Å². The summed E-state index contributed by atoms with van der Waals surface area (Å²) in [6, 6.07) is 21.0. The number of carbonyl (C=O) groups excluding carboxylic acids is 1. The fraction of sp³-hybridized carbons (Fsp3) is 0.0455. The second kappa shape index (κ2) is 7.33. The van der Waals surface area contributed by atoms with Crippen molar-refractivity contribution in [2.75, 3.05) is 0 Å². The first-order chi connectivity index (χ1) is 13.2. The summed E-state index contributed by atoms with van der Waals surface area (Å²) in [4.78, 5) is 21.8. The normalized spacial score (nSPS) is 10.7. The van der Waals surface area contributed by atoms with Crippen LogP contribution in [0.3, 0.4) is 0 Å². The molecule has 2 heterocycles. The maximum absolute atomic E-state index is 13.3. The third-order valence-corrected chi connectivity index (χ3v) is 4.23. The monoisotopic (exact) mass is 357 g/mol. The van der Waals surface area contributed by atoms with Crippen molar-refractivity contribution in [1.82, 2.24) is 15.3 Å². The van der Waals surface area contributed by atoms with Gasteiger partial charge in [-0.05, 0) is 42.0 Å². The summed E-state index contributed by atoms with van der Waals surface area (Å²) in [5, 5.41) is 3.62. The second-order valence-electron chi connectivity index (χ2n) is 6.10.